The van der Waals surface area contributed by atoms with Crippen molar-refractivity contribution in [3.63, 3.8) is 0 Å². The zero-order valence-corrected chi connectivity index (χ0v) is 18.2. The third-order valence-corrected chi connectivity index (χ3v) is 9.15. The van der Waals surface area contributed by atoms with Gasteiger partial charge < -0.3 is 9.47 Å². The molecule has 0 unspecified atom stereocenters. The number of ether oxygens (including phenoxy) is 2. The molecule has 0 spiro atoms. The van der Waals surface area contributed by atoms with Gasteiger partial charge in [-0.1, -0.05) is 0 Å². The molecular formula is C26H44O2. The molecule has 8 aliphatic carbocycles. The van der Waals surface area contributed by atoms with Crippen LogP contribution in [0.5, 0.6) is 0 Å². The fraction of sp³-hybridized carbons (Fsp3) is 1.00. The zero-order valence-electron chi connectivity index (χ0n) is 18.2. The van der Waals surface area contributed by atoms with Crippen molar-refractivity contribution >= 4 is 0 Å². The second-order valence-corrected chi connectivity index (χ2v) is 11.7. The molecule has 160 valence electrons. The highest BCUT2D eigenvalue weighted by molar-refractivity contribution is 4.93. The van der Waals surface area contributed by atoms with E-state index in [1.807, 2.05) is 0 Å². The Balaban J connectivity index is 0.0000000889. The predicted molar refractivity (Wildman–Crippen MR) is 114 cm³/mol. The van der Waals surface area contributed by atoms with Gasteiger partial charge >= 0.3 is 0 Å². The third-order valence-electron chi connectivity index (χ3n) is 9.15. The van der Waals surface area contributed by atoms with E-state index in [0.717, 1.165) is 26.4 Å². The van der Waals surface area contributed by atoms with E-state index >= 15 is 0 Å². The second-order valence-electron chi connectivity index (χ2n) is 11.7. The first-order chi connectivity index (χ1) is 13.8. The molecule has 28 heavy (non-hydrogen) atoms. The summed E-state index contributed by atoms with van der Waals surface area (Å²) in [4.78, 5) is 0. The summed E-state index contributed by atoms with van der Waals surface area (Å²) >= 11 is 0. The first-order valence-corrected chi connectivity index (χ1v) is 13.0. The minimum Gasteiger partial charge on any atom is -0.381 e. The Labute approximate surface area is 173 Å². The van der Waals surface area contributed by atoms with Crippen LogP contribution in [-0.2, 0) is 9.47 Å². The number of rotatable bonds is 0. The average Bonchev–Trinajstić information content (AvgIpc) is 2.49. The fourth-order valence-electron chi connectivity index (χ4n) is 8.25. The molecule has 10 fully saturated rings. The summed E-state index contributed by atoms with van der Waals surface area (Å²) in [6.45, 7) is 4.00. The second kappa shape index (κ2) is 9.38. The molecule has 2 heteroatoms. The molecule has 8 bridgehead atoms. The van der Waals surface area contributed by atoms with Crippen molar-refractivity contribution in [1.82, 2.24) is 0 Å². The molecule has 2 aliphatic heterocycles. The molecule has 0 aromatic carbocycles. The van der Waals surface area contributed by atoms with Gasteiger partial charge in [0.05, 0.1) is 0 Å². The van der Waals surface area contributed by atoms with Crippen molar-refractivity contribution in [2.45, 2.75) is 89.9 Å². The van der Waals surface area contributed by atoms with E-state index in [9.17, 15) is 0 Å². The molecule has 0 N–H and O–H groups in total. The Morgan fingerprint density at radius 1 is 0.286 bits per heavy atom. The summed E-state index contributed by atoms with van der Waals surface area (Å²) in [6.07, 6.45) is 21.8. The average molecular weight is 389 g/mol. The van der Waals surface area contributed by atoms with Gasteiger partial charge in [-0.2, -0.15) is 0 Å². The lowest BCUT2D eigenvalue weighted by Gasteiger charge is -2.49. The van der Waals surface area contributed by atoms with Crippen molar-refractivity contribution < 1.29 is 9.47 Å². The Bertz CT molecular complexity index is 314. The van der Waals surface area contributed by atoms with E-state index < -0.39 is 0 Å². The van der Waals surface area contributed by atoms with Crippen LogP contribution >= 0.6 is 0 Å². The van der Waals surface area contributed by atoms with Crippen LogP contribution in [0.15, 0.2) is 0 Å². The van der Waals surface area contributed by atoms with Gasteiger partial charge in [0.2, 0.25) is 0 Å². The summed E-state index contributed by atoms with van der Waals surface area (Å²) in [5, 5.41) is 0. The zero-order chi connectivity index (χ0) is 18.8. The third kappa shape index (κ3) is 5.15. The van der Waals surface area contributed by atoms with Crippen LogP contribution in [0.4, 0.5) is 0 Å². The lowest BCUT2D eigenvalue weighted by atomic mass is 9.56. The topological polar surface area (TPSA) is 18.5 Å². The van der Waals surface area contributed by atoms with E-state index in [1.165, 1.54) is 60.2 Å². The lowest BCUT2D eigenvalue weighted by molar-refractivity contribution is 0.0197. The van der Waals surface area contributed by atoms with Gasteiger partial charge in [-0.05, 0) is 137 Å². The highest BCUT2D eigenvalue weighted by Crippen LogP contribution is 2.54. The Hall–Kier alpha value is -0.0800. The van der Waals surface area contributed by atoms with Crippen LogP contribution in [-0.4, -0.2) is 26.4 Å². The van der Waals surface area contributed by atoms with Gasteiger partial charge in [0.15, 0.2) is 0 Å². The Morgan fingerprint density at radius 2 is 0.393 bits per heavy atom. The van der Waals surface area contributed by atoms with Gasteiger partial charge in [0.1, 0.15) is 0 Å². The molecule has 0 aromatic heterocycles. The van der Waals surface area contributed by atoms with Gasteiger partial charge in [0, 0.05) is 26.4 Å². The molecule has 0 radical (unpaired) electrons. The van der Waals surface area contributed by atoms with Crippen LogP contribution in [0.1, 0.15) is 89.9 Å². The van der Waals surface area contributed by atoms with E-state index in [4.69, 9.17) is 9.47 Å². The largest absolute Gasteiger partial charge is 0.381 e. The first-order valence-electron chi connectivity index (χ1n) is 13.0. The van der Waals surface area contributed by atoms with E-state index in [1.54, 1.807) is 77.0 Å². The maximum Gasteiger partial charge on any atom is 0.0488 e. The molecule has 2 heterocycles. The van der Waals surface area contributed by atoms with Crippen molar-refractivity contribution in [1.29, 1.82) is 0 Å². The fourth-order valence-corrected chi connectivity index (χ4v) is 8.25. The summed E-state index contributed by atoms with van der Waals surface area (Å²) in [7, 11) is 0. The normalized spacial score (nSPS) is 48.0. The summed E-state index contributed by atoms with van der Waals surface area (Å²) in [5.41, 5.74) is 0. The molecule has 10 rings (SSSR count). The van der Waals surface area contributed by atoms with Crippen LogP contribution in [0.2, 0.25) is 0 Å². The maximum atomic E-state index is 4.72. The quantitative estimate of drug-likeness (QED) is 0.473. The number of hydrogen-bond acceptors (Lipinski definition) is 2. The van der Waals surface area contributed by atoms with Crippen molar-refractivity contribution in [3.05, 3.63) is 0 Å². The van der Waals surface area contributed by atoms with Gasteiger partial charge in [-0.3, -0.25) is 0 Å². The lowest BCUT2D eigenvalue weighted by Crippen LogP contribution is -2.38. The van der Waals surface area contributed by atoms with E-state index in [-0.39, 0.29) is 0 Å². The molecule has 0 amide bonds. The molecular weight excluding hydrogens is 344 g/mol. The Kier molecular flexibility index (Phi) is 6.65. The molecule has 8 saturated carbocycles. The molecule has 2 saturated heterocycles. The molecule has 0 atom stereocenters. The summed E-state index contributed by atoms with van der Waals surface area (Å²) in [5.74, 6) is 9.42. The standard InChI is InChI=1S/2C10H16.2C3H6O/c2*1-7-2-9-4-8(1)5-10(3-7)6-9;2*1-2-4-3-1/h2*7-10H,1-6H2;2*1-3H2. The van der Waals surface area contributed by atoms with Gasteiger partial charge in [-0.15, -0.1) is 0 Å². The molecule has 10 aliphatic rings. The smallest absolute Gasteiger partial charge is 0.0488 e. The van der Waals surface area contributed by atoms with E-state index in [2.05, 4.69) is 0 Å². The maximum absolute atomic E-state index is 4.72. The van der Waals surface area contributed by atoms with Crippen molar-refractivity contribution in [2.75, 3.05) is 26.4 Å². The van der Waals surface area contributed by atoms with Crippen molar-refractivity contribution in [2.24, 2.45) is 47.3 Å². The summed E-state index contributed by atoms with van der Waals surface area (Å²) < 4.78 is 9.44. The van der Waals surface area contributed by atoms with Crippen LogP contribution < -0.4 is 0 Å². The predicted octanol–water partition coefficient (Wildman–Crippen LogP) is 6.48. The van der Waals surface area contributed by atoms with Gasteiger partial charge in [0.25, 0.3) is 0 Å². The monoisotopic (exact) mass is 388 g/mol. The number of hydrogen-bond donors (Lipinski definition) is 0. The SMILES string of the molecule is C1C2CC3CC1CC(C2)C3.C1C2CC3CC1CC(C2)C3.C1COC1.C1COC1. The minimum atomic E-state index is 1.00. The minimum absolute atomic E-state index is 1.00. The highest BCUT2D eigenvalue weighted by Gasteiger charge is 2.42. The van der Waals surface area contributed by atoms with E-state index in [0.29, 0.717) is 0 Å². The van der Waals surface area contributed by atoms with Crippen molar-refractivity contribution in [3.8, 4) is 0 Å². The molecule has 2 nitrogen and oxygen atoms in total. The first kappa shape index (κ1) is 19.9. The summed E-state index contributed by atoms with van der Waals surface area (Å²) in [6, 6.07) is 0. The highest BCUT2D eigenvalue weighted by atomic mass is 16.5. The Morgan fingerprint density at radius 3 is 0.464 bits per heavy atom. The van der Waals surface area contributed by atoms with Crippen LogP contribution in [0.25, 0.3) is 0 Å². The van der Waals surface area contributed by atoms with Crippen LogP contribution in [0.3, 0.4) is 0 Å². The van der Waals surface area contributed by atoms with Crippen LogP contribution in [0, 0.1) is 47.3 Å². The van der Waals surface area contributed by atoms with Gasteiger partial charge in [-0.25, -0.2) is 0 Å². The molecule has 0 aromatic rings.